The number of hydrogen-bond acceptors (Lipinski definition) is 4. The Bertz CT molecular complexity index is 280. The molecular weight excluding hydrogens is 194 g/mol. The van der Waals surface area contributed by atoms with Crippen molar-refractivity contribution in [1.29, 1.82) is 0 Å². The van der Waals surface area contributed by atoms with Gasteiger partial charge in [0.1, 0.15) is 0 Å². The first-order valence-corrected chi connectivity index (χ1v) is 5.49. The van der Waals surface area contributed by atoms with Crippen molar-refractivity contribution in [2.75, 3.05) is 26.2 Å². The predicted octanol–water partition coefficient (Wildman–Crippen LogP) is -1.07. The molecule has 0 saturated carbocycles. The second-order valence-electron chi connectivity index (χ2n) is 4.30. The first kappa shape index (κ1) is 10.6. The van der Waals surface area contributed by atoms with Crippen LogP contribution in [0.15, 0.2) is 0 Å². The number of hydrogen-bond donors (Lipinski definition) is 2. The van der Waals surface area contributed by atoms with E-state index in [1.54, 1.807) is 0 Å². The highest BCUT2D eigenvalue weighted by Gasteiger charge is 2.44. The van der Waals surface area contributed by atoms with Gasteiger partial charge in [-0.05, 0) is 32.5 Å². The summed E-state index contributed by atoms with van der Waals surface area (Å²) < 4.78 is 0. The first-order chi connectivity index (χ1) is 7.22. The van der Waals surface area contributed by atoms with Crippen molar-refractivity contribution in [3.8, 4) is 0 Å². The summed E-state index contributed by atoms with van der Waals surface area (Å²) in [5.41, 5.74) is 5.44. The SMILES string of the molecule is NCCCN1CC[C@@H]2C(=O)NC(=O)[C@H]2C1. The third kappa shape index (κ3) is 2.03. The molecule has 0 aromatic carbocycles. The summed E-state index contributed by atoms with van der Waals surface area (Å²) in [5.74, 6) is -0.374. The van der Waals surface area contributed by atoms with Crippen LogP contribution in [0.1, 0.15) is 12.8 Å². The van der Waals surface area contributed by atoms with Gasteiger partial charge in [-0.2, -0.15) is 0 Å². The average molecular weight is 211 g/mol. The molecule has 5 heteroatoms. The minimum Gasteiger partial charge on any atom is -0.330 e. The maximum Gasteiger partial charge on any atom is 0.231 e. The van der Waals surface area contributed by atoms with Crippen molar-refractivity contribution in [3.05, 3.63) is 0 Å². The molecule has 2 fully saturated rings. The molecule has 2 aliphatic rings. The van der Waals surface area contributed by atoms with E-state index in [9.17, 15) is 9.59 Å². The number of likely N-dealkylation sites (tertiary alicyclic amines) is 1. The molecule has 84 valence electrons. The van der Waals surface area contributed by atoms with E-state index in [0.717, 1.165) is 25.9 Å². The standard InChI is InChI=1S/C10H17N3O2/c11-3-1-4-13-5-2-7-8(6-13)10(15)12-9(7)14/h7-8H,1-6,11H2,(H,12,14,15)/t7-,8-/m0/s1. The molecule has 0 spiro atoms. The summed E-state index contributed by atoms with van der Waals surface area (Å²) in [6.45, 7) is 3.22. The second-order valence-corrected chi connectivity index (χ2v) is 4.30. The fourth-order valence-electron chi connectivity index (χ4n) is 2.42. The summed E-state index contributed by atoms with van der Waals surface area (Å²) in [6, 6.07) is 0. The second kappa shape index (κ2) is 4.28. The van der Waals surface area contributed by atoms with Crippen LogP contribution in [0.4, 0.5) is 0 Å². The molecule has 0 aromatic heterocycles. The molecule has 0 unspecified atom stereocenters. The highest BCUT2D eigenvalue weighted by atomic mass is 16.2. The van der Waals surface area contributed by atoms with Crippen LogP contribution in [-0.2, 0) is 9.59 Å². The number of amides is 2. The van der Waals surface area contributed by atoms with Crippen LogP contribution in [0.2, 0.25) is 0 Å². The molecule has 2 saturated heterocycles. The van der Waals surface area contributed by atoms with Crippen LogP contribution >= 0.6 is 0 Å². The summed E-state index contributed by atoms with van der Waals surface area (Å²) in [4.78, 5) is 25.1. The Balaban J connectivity index is 1.93. The van der Waals surface area contributed by atoms with E-state index in [1.807, 2.05) is 0 Å². The summed E-state index contributed by atoms with van der Waals surface area (Å²) >= 11 is 0. The average Bonchev–Trinajstić information content (AvgIpc) is 2.52. The summed E-state index contributed by atoms with van der Waals surface area (Å²) in [7, 11) is 0. The molecule has 0 aromatic rings. The lowest BCUT2D eigenvalue weighted by molar-refractivity contribution is -0.126. The lowest BCUT2D eigenvalue weighted by atomic mass is 9.88. The number of piperidine rings is 1. The van der Waals surface area contributed by atoms with Gasteiger partial charge in [-0.3, -0.25) is 14.9 Å². The van der Waals surface area contributed by atoms with Gasteiger partial charge in [0.05, 0.1) is 11.8 Å². The van der Waals surface area contributed by atoms with Gasteiger partial charge >= 0.3 is 0 Å². The minimum absolute atomic E-state index is 0.0772. The number of carbonyl (C=O) groups excluding carboxylic acids is 2. The van der Waals surface area contributed by atoms with Crippen LogP contribution in [0, 0.1) is 11.8 Å². The summed E-state index contributed by atoms with van der Waals surface area (Å²) in [5, 5.41) is 2.41. The predicted molar refractivity (Wildman–Crippen MR) is 54.9 cm³/mol. The maximum atomic E-state index is 11.5. The Morgan fingerprint density at radius 3 is 2.80 bits per heavy atom. The van der Waals surface area contributed by atoms with Gasteiger partial charge in [-0.25, -0.2) is 0 Å². The van der Waals surface area contributed by atoms with Gasteiger partial charge < -0.3 is 10.6 Å². The number of nitrogens with one attached hydrogen (secondary N) is 1. The fraction of sp³-hybridized carbons (Fsp3) is 0.800. The molecule has 5 nitrogen and oxygen atoms in total. The number of fused-ring (bicyclic) bond motifs is 1. The van der Waals surface area contributed by atoms with E-state index >= 15 is 0 Å². The molecule has 15 heavy (non-hydrogen) atoms. The van der Waals surface area contributed by atoms with Gasteiger partial charge in [0.25, 0.3) is 0 Å². The van der Waals surface area contributed by atoms with Gasteiger partial charge in [0, 0.05) is 6.54 Å². The van der Waals surface area contributed by atoms with Crippen LogP contribution in [0.3, 0.4) is 0 Å². The molecule has 2 aliphatic heterocycles. The van der Waals surface area contributed by atoms with Gasteiger partial charge in [-0.15, -0.1) is 0 Å². The highest BCUT2D eigenvalue weighted by Crippen LogP contribution is 2.28. The molecule has 3 N–H and O–H groups in total. The van der Waals surface area contributed by atoms with Crippen molar-refractivity contribution in [2.24, 2.45) is 17.6 Å². The third-order valence-corrected chi connectivity index (χ3v) is 3.30. The van der Waals surface area contributed by atoms with E-state index in [4.69, 9.17) is 5.73 Å². The summed E-state index contributed by atoms with van der Waals surface area (Å²) in [6.07, 6.45) is 1.75. The largest absolute Gasteiger partial charge is 0.330 e. The van der Waals surface area contributed by atoms with Crippen molar-refractivity contribution >= 4 is 11.8 Å². The van der Waals surface area contributed by atoms with Crippen molar-refractivity contribution in [2.45, 2.75) is 12.8 Å². The number of nitrogens with zero attached hydrogens (tertiary/aromatic N) is 1. The molecular formula is C10H17N3O2. The Labute approximate surface area is 89.0 Å². The van der Waals surface area contributed by atoms with Crippen molar-refractivity contribution in [3.63, 3.8) is 0 Å². The van der Waals surface area contributed by atoms with E-state index in [2.05, 4.69) is 10.2 Å². The molecule has 2 heterocycles. The molecule has 0 aliphatic carbocycles. The lowest BCUT2D eigenvalue weighted by Gasteiger charge is -2.32. The zero-order chi connectivity index (χ0) is 10.8. The Morgan fingerprint density at radius 2 is 2.07 bits per heavy atom. The number of rotatable bonds is 3. The Morgan fingerprint density at radius 1 is 1.33 bits per heavy atom. The number of imide groups is 1. The Kier molecular flexibility index (Phi) is 3.02. The lowest BCUT2D eigenvalue weighted by Crippen LogP contribution is -2.42. The first-order valence-electron chi connectivity index (χ1n) is 5.49. The van der Waals surface area contributed by atoms with Crippen molar-refractivity contribution in [1.82, 2.24) is 10.2 Å². The fourth-order valence-corrected chi connectivity index (χ4v) is 2.42. The quantitative estimate of drug-likeness (QED) is 0.583. The molecule has 0 radical (unpaired) electrons. The van der Waals surface area contributed by atoms with Crippen LogP contribution in [0.25, 0.3) is 0 Å². The Hall–Kier alpha value is -0.940. The highest BCUT2D eigenvalue weighted by molar-refractivity contribution is 6.05. The van der Waals surface area contributed by atoms with Crippen LogP contribution in [0.5, 0.6) is 0 Å². The van der Waals surface area contributed by atoms with E-state index in [0.29, 0.717) is 13.1 Å². The van der Waals surface area contributed by atoms with Gasteiger partial charge in [0.2, 0.25) is 11.8 Å². The molecule has 2 atom stereocenters. The van der Waals surface area contributed by atoms with Gasteiger partial charge in [-0.1, -0.05) is 0 Å². The normalized spacial score (nSPS) is 31.5. The van der Waals surface area contributed by atoms with E-state index in [1.165, 1.54) is 0 Å². The van der Waals surface area contributed by atoms with Crippen LogP contribution < -0.4 is 11.1 Å². The third-order valence-electron chi connectivity index (χ3n) is 3.30. The zero-order valence-electron chi connectivity index (χ0n) is 8.74. The molecule has 2 rings (SSSR count). The van der Waals surface area contributed by atoms with Gasteiger partial charge in [0.15, 0.2) is 0 Å². The molecule has 0 bridgehead atoms. The number of nitrogens with two attached hydrogens (primary N) is 1. The van der Waals surface area contributed by atoms with Crippen molar-refractivity contribution < 1.29 is 9.59 Å². The van der Waals surface area contributed by atoms with E-state index in [-0.39, 0.29) is 23.7 Å². The number of carbonyl (C=O) groups is 2. The maximum absolute atomic E-state index is 11.5. The topological polar surface area (TPSA) is 75.4 Å². The smallest absolute Gasteiger partial charge is 0.231 e. The zero-order valence-corrected chi connectivity index (χ0v) is 8.74. The molecule has 2 amide bonds. The minimum atomic E-state index is -0.121. The van der Waals surface area contributed by atoms with Crippen LogP contribution in [-0.4, -0.2) is 42.9 Å². The monoisotopic (exact) mass is 211 g/mol. The van der Waals surface area contributed by atoms with E-state index < -0.39 is 0 Å².